The highest BCUT2D eigenvalue weighted by Gasteiger charge is 2.24. The number of ether oxygens (including phenoxy) is 1. The normalized spacial score (nSPS) is 11.4. The Morgan fingerprint density at radius 1 is 1.20 bits per heavy atom. The van der Waals surface area contributed by atoms with Gasteiger partial charge in [0.05, 0.1) is 13.2 Å². The van der Waals surface area contributed by atoms with E-state index in [2.05, 4.69) is 0 Å². The summed E-state index contributed by atoms with van der Waals surface area (Å²) in [5.41, 5.74) is 0.441. The van der Waals surface area contributed by atoms with Crippen LogP contribution in [0.4, 0.5) is 4.39 Å². The highest BCUT2D eigenvalue weighted by atomic mass is 19.1. The monoisotopic (exact) mass is 269 g/mol. The van der Waals surface area contributed by atoms with E-state index in [9.17, 15) is 14.4 Å². The Balaban J connectivity index is 2.35. The van der Waals surface area contributed by atoms with Gasteiger partial charge in [-0.25, -0.2) is 4.39 Å². The maximum atomic E-state index is 13.7. The van der Waals surface area contributed by atoms with Gasteiger partial charge in [0.1, 0.15) is 17.5 Å². The van der Waals surface area contributed by atoms with Gasteiger partial charge >= 0.3 is 0 Å². The zero-order valence-corrected chi connectivity index (χ0v) is 10.8. The Morgan fingerprint density at radius 3 is 2.40 bits per heavy atom. The summed E-state index contributed by atoms with van der Waals surface area (Å²) in [6.07, 6.45) is 0. The molecule has 0 fully saturated rings. The first-order valence-electron chi connectivity index (χ1n) is 5.99. The smallest absolute Gasteiger partial charge is 0.184 e. The lowest BCUT2D eigenvalue weighted by Crippen LogP contribution is -2.12. The van der Waals surface area contributed by atoms with Gasteiger partial charge in [0.2, 0.25) is 0 Å². The lowest BCUT2D eigenvalue weighted by atomic mass is 9.91. The lowest BCUT2D eigenvalue weighted by Gasteiger charge is -2.10. The molecule has 1 atom stereocenters. The minimum absolute atomic E-state index is 0.0934. The number of hydrogen-bond acceptors (Lipinski definition) is 3. The van der Waals surface area contributed by atoms with Crippen molar-refractivity contribution in [1.29, 1.82) is 5.26 Å². The second-order valence-corrected chi connectivity index (χ2v) is 4.18. The van der Waals surface area contributed by atoms with Crippen molar-refractivity contribution < 1.29 is 13.9 Å². The van der Waals surface area contributed by atoms with Crippen LogP contribution in [0.25, 0.3) is 0 Å². The second-order valence-electron chi connectivity index (χ2n) is 4.18. The van der Waals surface area contributed by atoms with E-state index in [1.807, 2.05) is 6.07 Å². The SMILES string of the molecule is COc1ccc(C(=O)C(C#N)c2ccccc2F)cc1. The van der Waals surface area contributed by atoms with Gasteiger partial charge in [0.15, 0.2) is 5.78 Å². The van der Waals surface area contributed by atoms with Crippen LogP contribution < -0.4 is 4.74 Å². The minimum atomic E-state index is -1.15. The molecule has 0 spiro atoms. The summed E-state index contributed by atoms with van der Waals surface area (Å²) in [7, 11) is 1.52. The average Bonchev–Trinajstić information content (AvgIpc) is 2.50. The molecule has 4 heteroatoms. The number of rotatable bonds is 4. The Hall–Kier alpha value is -2.67. The predicted molar refractivity (Wildman–Crippen MR) is 72.1 cm³/mol. The quantitative estimate of drug-likeness (QED) is 0.800. The van der Waals surface area contributed by atoms with Crippen LogP contribution in [0.2, 0.25) is 0 Å². The van der Waals surface area contributed by atoms with Gasteiger partial charge in [-0.15, -0.1) is 0 Å². The van der Waals surface area contributed by atoms with Crippen LogP contribution in [0, 0.1) is 17.1 Å². The van der Waals surface area contributed by atoms with E-state index in [1.165, 1.54) is 25.3 Å². The predicted octanol–water partition coefficient (Wildman–Crippen LogP) is 3.32. The number of ketones is 1. The Kier molecular flexibility index (Phi) is 4.11. The highest BCUT2D eigenvalue weighted by Crippen LogP contribution is 2.24. The third-order valence-electron chi connectivity index (χ3n) is 2.98. The molecule has 0 aliphatic carbocycles. The van der Waals surface area contributed by atoms with Crippen LogP contribution in [0.5, 0.6) is 5.75 Å². The standard InChI is InChI=1S/C16H12FNO2/c1-20-12-8-6-11(7-9-12)16(19)14(10-18)13-4-2-3-5-15(13)17/h2-9,14H,1H3. The van der Waals surface area contributed by atoms with Crippen LogP contribution in [0.3, 0.4) is 0 Å². The van der Waals surface area contributed by atoms with E-state index >= 15 is 0 Å². The maximum absolute atomic E-state index is 13.7. The minimum Gasteiger partial charge on any atom is -0.497 e. The summed E-state index contributed by atoms with van der Waals surface area (Å²) in [6.45, 7) is 0. The number of carbonyl (C=O) groups excluding carboxylic acids is 1. The number of hydrogen-bond donors (Lipinski definition) is 0. The van der Waals surface area contributed by atoms with Crippen LogP contribution in [0.15, 0.2) is 48.5 Å². The van der Waals surface area contributed by atoms with Gasteiger partial charge in [-0.05, 0) is 30.3 Å². The molecule has 0 saturated carbocycles. The summed E-state index contributed by atoms with van der Waals surface area (Å²) in [6, 6.07) is 14.1. The average molecular weight is 269 g/mol. The number of carbonyl (C=O) groups is 1. The molecule has 20 heavy (non-hydrogen) atoms. The molecule has 0 radical (unpaired) electrons. The number of halogens is 1. The Bertz CT molecular complexity index is 659. The zero-order chi connectivity index (χ0) is 14.5. The molecule has 0 aliphatic rings. The van der Waals surface area contributed by atoms with Crippen molar-refractivity contribution in [3.05, 3.63) is 65.5 Å². The van der Waals surface area contributed by atoms with Crippen LogP contribution in [-0.4, -0.2) is 12.9 Å². The van der Waals surface area contributed by atoms with Crippen molar-refractivity contribution >= 4 is 5.78 Å². The number of Topliss-reactive ketones (excluding diaryl/α,β-unsaturated/α-hetero) is 1. The van der Waals surface area contributed by atoms with E-state index in [0.29, 0.717) is 11.3 Å². The van der Waals surface area contributed by atoms with Crippen LogP contribution in [-0.2, 0) is 0 Å². The molecule has 0 amide bonds. The molecule has 0 aromatic heterocycles. The van der Waals surface area contributed by atoms with Crippen molar-refractivity contribution in [3.63, 3.8) is 0 Å². The summed E-state index contributed by atoms with van der Waals surface area (Å²) in [5, 5.41) is 9.17. The number of nitriles is 1. The molecule has 0 N–H and O–H groups in total. The zero-order valence-electron chi connectivity index (χ0n) is 10.8. The molecule has 2 aromatic rings. The first-order chi connectivity index (χ1) is 9.67. The highest BCUT2D eigenvalue weighted by molar-refractivity contribution is 6.02. The van der Waals surface area contributed by atoms with E-state index in [1.54, 1.807) is 30.3 Å². The molecule has 0 aliphatic heterocycles. The van der Waals surface area contributed by atoms with E-state index in [-0.39, 0.29) is 5.56 Å². The molecule has 1 unspecified atom stereocenters. The molecule has 2 rings (SSSR count). The molecular weight excluding hydrogens is 257 g/mol. The maximum Gasteiger partial charge on any atom is 0.184 e. The second kappa shape index (κ2) is 5.98. The summed E-state index contributed by atoms with van der Waals surface area (Å²) in [4.78, 5) is 12.3. The third kappa shape index (κ3) is 2.67. The molecule has 0 bridgehead atoms. The topological polar surface area (TPSA) is 50.1 Å². The van der Waals surface area contributed by atoms with Gasteiger partial charge in [0.25, 0.3) is 0 Å². The first kappa shape index (κ1) is 13.8. The van der Waals surface area contributed by atoms with Crippen molar-refractivity contribution in [3.8, 4) is 11.8 Å². The Labute approximate surface area is 116 Å². The summed E-state index contributed by atoms with van der Waals surface area (Å²) >= 11 is 0. The third-order valence-corrected chi connectivity index (χ3v) is 2.98. The van der Waals surface area contributed by atoms with Gasteiger partial charge in [-0.1, -0.05) is 18.2 Å². The Morgan fingerprint density at radius 2 is 1.85 bits per heavy atom. The molecule has 0 saturated heterocycles. The van der Waals surface area contributed by atoms with Crippen molar-refractivity contribution in [2.45, 2.75) is 5.92 Å². The first-order valence-corrected chi connectivity index (χ1v) is 5.99. The number of benzene rings is 2. The molecule has 3 nitrogen and oxygen atoms in total. The van der Waals surface area contributed by atoms with E-state index < -0.39 is 17.5 Å². The van der Waals surface area contributed by atoms with E-state index in [0.717, 1.165) is 0 Å². The number of methoxy groups -OCH3 is 1. The van der Waals surface area contributed by atoms with Gasteiger partial charge in [-0.2, -0.15) is 5.26 Å². The van der Waals surface area contributed by atoms with E-state index in [4.69, 9.17) is 4.74 Å². The number of nitrogens with zero attached hydrogens (tertiary/aromatic N) is 1. The summed E-state index contributed by atoms with van der Waals surface area (Å²) < 4.78 is 18.7. The largest absolute Gasteiger partial charge is 0.497 e. The van der Waals surface area contributed by atoms with Crippen LogP contribution in [0.1, 0.15) is 21.8 Å². The van der Waals surface area contributed by atoms with Crippen LogP contribution >= 0.6 is 0 Å². The molecule has 2 aromatic carbocycles. The summed E-state index contributed by atoms with van der Waals surface area (Å²) in [5.74, 6) is -1.52. The van der Waals surface area contributed by atoms with Crippen molar-refractivity contribution in [1.82, 2.24) is 0 Å². The fourth-order valence-corrected chi connectivity index (χ4v) is 1.90. The molecule has 0 heterocycles. The fraction of sp³-hybridized carbons (Fsp3) is 0.125. The molecular formula is C16H12FNO2. The molecule has 100 valence electrons. The fourth-order valence-electron chi connectivity index (χ4n) is 1.90. The lowest BCUT2D eigenvalue weighted by molar-refractivity contribution is 0.0977. The van der Waals surface area contributed by atoms with Crippen molar-refractivity contribution in [2.24, 2.45) is 0 Å². The van der Waals surface area contributed by atoms with Crippen molar-refractivity contribution in [2.75, 3.05) is 7.11 Å². The van der Waals surface area contributed by atoms with Gasteiger partial charge in [0, 0.05) is 11.1 Å². The van der Waals surface area contributed by atoms with Gasteiger partial charge in [-0.3, -0.25) is 4.79 Å². The van der Waals surface area contributed by atoms with Gasteiger partial charge < -0.3 is 4.74 Å².